The molecule has 0 spiro atoms. The van der Waals surface area contributed by atoms with E-state index in [1.165, 1.54) is 0 Å². The Hall–Kier alpha value is -1.34. The molecule has 1 aliphatic heterocycles. The second kappa shape index (κ2) is 10.6. The first-order valence-corrected chi connectivity index (χ1v) is 8.86. The maximum atomic E-state index is 11.4. The summed E-state index contributed by atoms with van der Waals surface area (Å²) < 4.78 is 15.4. The van der Waals surface area contributed by atoms with Crippen molar-refractivity contribution >= 4 is 12.1 Å². The molecule has 2 atom stereocenters. The number of ether oxygens (including phenoxy) is 3. The van der Waals surface area contributed by atoms with Gasteiger partial charge in [-0.05, 0) is 54.4 Å². The van der Waals surface area contributed by atoms with E-state index >= 15 is 0 Å². The average molecular weight is 361 g/mol. The van der Waals surface area contributed by atoms with E-state index in [0.717, 1.165) is 25.7 Å². The minimum Gasteiger partial charge on any atom is -0.463 e. The van der Waals surface area contributed by atoms with Crippen LogP contribution in [0.5, 0.6) is 0 Å². The molecule has 25 heavy (non-hydrogen) atoms. The Kier molecular flexibility index (Phi) is 10.0. The molecule has 0 aliphatic carbocycles. The van der Waals surface area contributed by atoms with E-state index in [2.05, 4.69) is 4.74 Å². The molecule has 7 heteroatoms. The van der Waals surface area contributed by atoms with Gasteiger partial charge in [-0.15, -0.1) is 0 Å². The van der Waals surface area contributed by atoms with Crippen LogP contribution in [0.1, 0.15) is 80.1 Å². The highest BCUT2D eigenvalue weighted by Crippen LogP contribution is 2.21. The molecule has 148 valence electrons. The standard InChI is InChI=1S/C13H24O4.C5H11NO2/c1-10-9-11(17-13(2,3)15)7-5-4-6-8-12(14)16-10;1-5(2,3)8-4(6)7/h10-11,15H,4-9H2,1-3H3;1-3H3,(H2,6,7). The fourth-order valence-corrected chi connectivity index (χ4v) is 2.45. The largest absolute Gasteiger partial charge is 0.463 e. The molecule has 0 aromatic carbocycles. The van der Waals surface area contributed by atoms with Crippen molar-refractivity contribution in [2.45, 2.75) is 104 Å². The van der Waals surface area contributed by atoms with Crippen LogP contribution in [-0.4, -0.2) is 40.8 Å². The first-order chi connectivity index (χ1) is 11.3. The van der Waals surface area contributed by atoms with Gasteiger partial charge in [0.15, 0.2) is 5.79 Å². The van der Waals surface area contributed by atoms with E-state index < -0.39 is 17.5 Å². The predicted molar refractivity (Wildman–Crippen MR) is 94.8 cm³/mol. The van der Waals surface area contributed by atoms with Gasteiger partial charge in [0.25, 0.3) is 0 Å². The summed E-state index contributed by atoms with van der Waals surface area (Å²) in [6.45, 7) is 10.4. The first-order valence-electron chi connectivity index (χ1n) is 8.86. The summed E-state index contributed by atoms with van der Waals surface area (Å²) in [5, 5.41) is 9.67. The Morgan fingerprint density at radius 3 is 2.24 bits per heavy atom. The topological polar surface area (TPSA) is 108 Å². The summed E-state index contributed by atoms with van der Waals surface area (Å²) in [6, 6.07) is 0. The number of rotatable bonds is 2. The van der Waals surface area contributed by atoms with Gasteiger partial charge in [0.1, 0.15) is 11.7 Å². The number of aliphatic hydroxyl groups is 1. The number of hydrogen-bond donors (Lipinski definition) is 2. The Balaban J connectivity index is 0.000000609. The normalized spacial score (nSPS) is 22.9. The van der Waals surface area contributed by atoms with Crippen molar-refractivity contribution in [1.29, 1.82) is 0 Å². The zero-order chi connectivity index (χ0) is 19.7. The molecule has 1 amide bonds. The first kappa shape index (κ1) is 23.7. The van der Waals surface area contributed by atoms with Crippen LogP contribution in [0.25, 0.3) is 0 Å². The molecule has 2 unspecified atom stereocenters. The Morgan fingerprint density at radius 2 is 1.80 bits per heavy atom. The molecule has 3 N–H and O–H groups in total. The molecule has 0 aromatic heterocycles. The number of nitrogens with two attached hydrogens (primary N) is 1. The quantitative estimate of drug-likeness (QED) is 0.577. The number of carbonyl (C=O) groups is 2. The Morgan fingerprint density at radius 1 is 1.20 bits per heavy atom. The summed E-state index contributed by atoms with van der Waals surface area (Å²) in [5.41, 5.74) is 4.26. The maximum absolute atomic E-state index is 11.4. The van der Waals surface area contributed by atoms with Gasteiger partial charge in [0.2, 0.25) is 0 Å². The summed E-state index contributed by atoms with van der Waals surface area (Å²) in [7, 11) is 0. The molecular formula is C18H35NO6. The van der Waals surface area contributed by atoms with Gasteiger partial charge >= 0.3 is 12.1 Å². The van der Waals surface area contributed by atoms with Crippen LogP contribution < -0.4 is 5.73 Å². The van der Waals surface area contributed by atoms with Crippen molar-refractivity contribution in [3.63, 3.8) is 0 Å². The second-order valence-corrected chi connectivity index (χ2v) is 7.86. The lowest BCUT2D eigenvalue weighted by Crippen LogP contribution is -2.33. The number of cyclic esters (lactones) is 1. The smallest absolute Gasteiger partial charge is 0.405 e. The predicted octanol–water partition coefficient (Wildman–Crippen LogP) is 3.27. The van der Waals surface area contributed by atoms with E-state index in [4.69, 9.17) is 15.2 Å². The fourth-order valence-electron chi connectivity index (χ4n) is 2.45. The highest BCUT2D eigenvalue weighted by Gasteiger charge is 2.24. The summed E-state index contributed by atoms with van der Waals surface area (Å²) in [4.78, 5) is 21.4. The number of carbonyl (C=O) groups excluding carboxylic acids is 2. The second-order valence-electron chi connectivity index (χ2n) is 7.86. The van der Waals surface area contributed by atoms with E-state index in [0.29, 0.717) is 12.8 Å². The van der Waals surface area contributed by atoms with Gasteiger partial charge < -0.3 is 25.1 Å². The van der Waals surface area contributed by atoms with Crippen molar-refractivity contribution < 1.29 is 28.9 Å². The fraction of sp³-hybridized carbons (Fsp3) is 0.889. The van der Waals surface area contributed by atoms with E-state index in [1.54, 1.807) is 34.6 Å². The number of hydrogen-bond acceptors (Lipinski definition) is 6. The molecule has 7 nitrogen and oxygen atoms in total. The highest BCUT2D eigenvalue weighted by atomic mass is 16.6. The Bertz CT molecular complexity index is 411. The minimum atomic E-state index is -1.13. The van der Waals surface area contributed by atoms with Crippen LogP contribution in [0, 0.1) is 0 Å². The molecule has 1 heterocycles. The number of amides is 1. The molecular weight excluding hydrogens is 326 g/mol. The third-order valence-corrected chi connectivity index (χ3v) is 3.20. The van der Waals surface area contributed by atoms with Crippen molar-refractivity contribution in [2.24, 2.45) is 5.73 Å². The molecule has 0 aromatic rings. The van der Waals surface area contributed by atoms with Crippen LogP contribution in [0.15, 0.2) is 0 Å². The number of primary amides is 1. The summed E-state index contributed by atoms with van der Waals surface area (Å²) in [6.07, 6.45) is 4.07. The van der Waals surface area contributed by atoms with Gasteiger partial charge in [-0.2, -0.15) is 0 Å². The van der Waals surface area contributed by atoms with Crippen LogP contribution in [0.2, 0.25) is 0 Å². The van der Waals surface area contributed by atoms with E-state index in [9.17, 15) is 14.7 Å². The SMILES string of the molecule is CC(C)(C)OC(N)=O.CC1CC(OC(C)(C)O)CCCCCC(=O)O1. The monoisotopic (exact) mass is 361 g/mol. The minimum absolute atomic E-state index is 0.0455. The van der Waals surface area contributed by atoms with Gasteiger partial charge in [-0.1, -0.05) is 12.8 Å². The van der Waals surface area contributed by atoms with Crippen molar-refractivity contribution in [2.75, 3.05) is 0 Å². The summed E-state index contributed by atoms with van der Waals surface area (Å²) in [5.74, 6) is -1.25. The Labute approximate surface area is 151 Å². The molecule has 1 fully saturated rings. The van der Waals surface area contributed by atoms with E-state index in [-0.39, 0.29) is 18.2 Å². The van der Waals surface area contributed by atoms with Crippen molar-refractivity contribution in [3.8, 4) is 0 Å². The van der Waals surface area contributed by atoms with Gasteiger partial charge in [0.05, 0.1) is 6.10 Å². The molecule has 1 rings (SSSR count). The molecule has 1 saturated heterocycles. The third-order valence-electron chi connectivity index (χ3n) is 3.20. The van der Waals surface area contributed by atoms with Crippen LogP contribution in [0.3, 0.4) is 0 Å². The lowest BCUT2D eigenvalue weighted by molar-refractivity contribution is -0.213. The van der Waals surface area contributed by atoms with Crippen molar-refractivity contribution in [3.05, 3.63) is 0 Å². The zero-order valence-electron chi connectivity index (χ0n) is 16.5. The summed E-state index contributed by atoms with van der Waals surface area (Å²) >= 11 is 0. The molecule has 0 radical (unpaired) electrons. The zero-order valence-corrected chi connectivity index (χ0v) is 16.5. The van der Waals surface area contributed by atoms with Crippen LogP contribution >= 0.6 is 0 Å². The van der Waals surface area contributed by atoms with Crippen LogP contribution in [-0.2, 0) is 19.0 Å². The number of esters is 1. The lowest BCUT2D eigenvalue weighted by atomic mass is 10.0. The van der Waals surface area contributed by atoms with Crippen LogP contribution in [0.4, 0.5) is 4.79 Å². The highest BCUT2D eigenvalue weighted by molar-refractivity contribution is 5.69. The molecule has 0 bridgehead atoms. The lowest BCUT2D eigenvalue weighted by Gasteiger charge is -2.29. The van der Waals surface area contributed by atoms with Crippen molar-refractivity contribution in [1.82, 2.24) is 0 Å². The van der Waals surface area contributed by atoms with E-state index in [1.807, 2.05) is 6.92 Å². The maximum Gasteiger partial charge on any atom is 0.405 e. The van der Waals surface area contributed by atoms with Gasteiger partial charge in [0, 0.05) is 12.8 Å². The molecule has 0 saturated carbocycles. The molecule has 1 aliphatic rings. The van der Waals surface area contributed by atoms with Gasteiger partial charge in [-0.25, -0.2) is 4.79 Å². The van der Waals surface area contributed by atoms with Gasteiger partial charge in [-0.3, -0.25) is 4.79 Å². The third kappa shape index (κ3) is 15.9. The average Bonchev–Trinajstić information content (AvgIpc) is 2.32.